The molecule has 0 spiro atoms. The van der Waals surface area contributed by atoms with E-state index in [-0.39, 0.29) is 6.04 Å². The number of carbonyl (C=O) groups excluding carboxylic acids is 3. The topological polar surface area (TPSA) is 110 Å². The zero-order valence-corrected chi connectivity index (χ0v) is 14.8. The Labute approximate surface area is 150 Å². The van der Waals surface area contributed by atoms with E-state index in [9.17, 15) is 14.4 Å². The van der Waals surface area contributed by atoms with Gasteiger partial charge in [0.2, 0.25) is 5.91 Å². The number of hydrogen-bond acceptors (Lipinski definition) is 6. The van der Waals surface area contributed by atoms with Crippen molar-refractivity contribution in [1.29, 1.82) is 0 Å². The molecule has 3 rings (SSSR count). The molecule has 1 atom stereocenters. The molecule has 2 heterocycles. The summed E-state index contributed by atoms with van der Waals surface area (Å²) in [6.45, 7) is 5.76. The summed E-state index contributed by atoms with van der Waals surface area (Å²) < 4.78 is 1.68. The van der Waals surface area contributed by atoms with Crippen molar-refractivity contribution in [1.82, 2.24) is 30.4 Å². The maximum absolute atomic E-state index is 12.4. The Morgan fingerprint density at radius 1 is 1.12 bits per heavy atom. The first kappa shape index (κ1) is 17.7. The SMILES string of the molecule is CC(C(=O)NCCc1nnnn1C(C)C)N1C(=O)c2ccccc2C1=O. The fourth-order valence-electron chi connectivity index (χ4n) is 2.90. The zero-order chi connectivity index (χ0) is 18.8. The second-order valence-electron chi connectivity index (χ2n) is 6.38. The van der Waals surface area contributed by atoms with Gasteiger partial charge in [0.05, 0.1) is 17.2 Å². The van der Waals surface area contributed by atoms with E-state index in [1.54, 1.807) is 28.9 Å². The van der Waals surface area contributed by atoms with E-state index in [0.717, 1.165) is 4.90 Å². The molecule has 1 aliphatic heterocycles. The van der Waals surface area contributed by atoms with Crippen LogP contribution in [-0.4, -0.2) is 55.4 Å². The molecular formula is C17H20N6O3. The van der Waals surface area contributed by atoms with Gasteiger partial charge in [-0.05, 0) is 43.3 Å². The van der Waals surface area contributed by atoms with Crippen molar-refractivity contribution in [2.75, 3.05) is 6.54 Å². The Balaban J connectivity index is 1.61. The quantitative estimate of drug-likeness (QED) is 0.759. The van der Waals surface area contributed by atoms with Crippen molar-refractivity contribution in [3.05, 3.63) is 41.2 Å². The van der Waals surface area contributed by atoms with Crippen molar-refractivity contribution in [3.8, 4) is 0 Å². The number of rotatable bonds is 6. The Kier molecular flexibility index (Phi) is 4.79. The van der Waals surface area contributed by atoms with Crippen LogP contribution in [0.15, 0.2) is 24.3 Å². The molecule has 0 bridgehead atoms. The number of carbonyl (C=O) groups is 3. The first-order valence-corrected chi connectivity index (χ1v) is 8.43. The van der Waals surface area contributed by atoms with E-state index in [4.69, 9.17) is 0 Å². The van der Waals surface area contributed by atoms with Crippen LogP contribution in [0.3, 0.4) is 0 Å². The lowest BCUT2D eigenvalue weighted by Gasteiger charge is -2.21. The predicted molar refractivity (Wildman–Crippen MR) is 91.3 cm³/mol. The first-order valence-electron chi connectivity index (χ1n) is 8.43. The second kappa shape index (κ2) is 7.03. The number of nitrogens with one attached hydrogen (secondary N) is 1. The van der Waals surface area contributed by atoms with Crippen molar-refractivity contribution in [3.63, 3.8) is 0 Å². The normalized spacial score (nSPS) is 14.7. The number of imide groups is 1. The molecule has 1 N–H and O–H groups in total. The summed E-state index contributed by atoms with van der Waals surface area (Å²) >= 11 is 0. The molecule has 1 unspecified atom stereocenters. The van der Waals surface area contributed by atoms with Crippen LogP contribution in [0.25, 0.3) is 0 Å². The van der Waals surface area contributed by atoms with Crippen LogP contribution in [0.5, 0.6) is 0 Å². The summed E-state index contributed by atoms with van der Waals surface area (Å²) in [4.78, 5) is 38.3. The van der Waals surface area contributed by atoms with Gasteiger partial charge in [-0.3, -0.25) is 19.3 Å². The maximum atomic E-state index is 12.4. The van der Waals surface area contributed by atoms with Crippen LogP contribution >= 0.6 is 0 Å². The molecule has 0 saturated carbocycles. The summed E-state index contributed by atoms with van der Waals surface area (Å²) in [7, 11) is 0. The van der Waals surface area contributed by atoms with Crippen LogP contribution in [0, 0.1) is 0 Å². The number of hydrogen-bond donors (Lipinski definition) is 1. The van der Waals surface area contributed by atoms with Gasteiger partial charge >= 0.3 is 0 Å². The minimum absolute atomic E-state index is 0.118. The third-order valence-electron chi connectivity index (χ3n) is 4.29. The van der Waals surface area contributed by atoms with Crippen molar-refractivity contribution in [2.45, 2.75) is 39.3 Å². The summed E-state index contributed by atoms with van der Waals surface area (Å²) in [6, 6.07) is 5.78. The highest BCUT2D eigenvalue weighted by Gasteiger charge is 2.40. The van der Waals surface area contributed by atoms with Gasteiger partial charge in [0, 0.05) is 13.0 Å². The van der Waals surface area contributed by atoms with Crippen LogP contribution in [0.4, 0.5) is 0 Å². The van der Waals surface area contributed by atoms with E-state index in [1.165, 1.54) is 6.92 Å². The number of amides is 3. The average molecular weight is 356 g/mol. The van der Waals surface area contributed by atoms with Crippen LogP contribution < -0.4 is 5.32 Å². The smallest absolute Gasteiger partial charge is 0.262 e. The Hall–Kier alpha value is -3.10. The molecule has 0 aliphatic carbocycles. The first-order chi connectivity index (χ1) is 12.4. The summed E-state index contributed by atoms with van der Waals surface area (Å²) in [6.07, 6.45) is 0.450. The Bertz CT molecular complexity index is 825. The maximum Gasteiger partial charge on any atom is 0.262 e. The van der Waals surface area contributed by atoms with Gasteiger partial charge in [0.15, 0.2) is 5.82 Å². The van der Waals surface area contributed by atoms with Gasteiger partial charge in [0.25, 0.3) is 11.8 Å². The van der Waals surface area contributed by atoms with Crippen molar-refractivity contribution >= 4 is 17.7 Å². The highest BCUT2D eigenvalue weighted by Crippen LogP contribution is 2.24. The second-order valence-corrected chi connectivity index (χ2v) is 6.38. The van der Waals surface area contributed by atoms with Crippen molar-refractivity contribution < 1.29 is 14.4 Å². The Morgan fingerprint density at radius 2 is 1.73 bits per heavy atom. The number of benzene rings is 1. The number of fused-ring (bicyclic) bond motifs is 1. The largest absolute Gasteiger partial charge is 0.354 e. The molecule has 1 aromatic carbocycles. The van der Waals surface area contributed by atoms with Crippen LogP contribution in [-0.2, 0) is 11.2 Å². The highest BCUT2D eigenvalue weighted by atomic mass is 16.2. The van der Waals surface area contributed by atoms with Gasteiger partial charge in [-0.15, -0.1) is 5.10 Å². The molecule has 0 radical (unpaired) electrons. The lowest BCUT2D eigenvalue weighted by atomic mass is 10.1. The summed E-state index contributed by atoms with van der Waals surface area (Å²) in [5.74, 6) is -0.634. The molecule has 2 aromatic rings. The van der Waals surface area contributed by atoms with Gasteiger partial charge in [-0.25, -0.2) is 4.68 Å². The van der Waals surface area contributed by atoms with E-state index >= 15 is 0 Å². The fourth-order valence-corrected chi connectivity index (χ4v) is 2.90. The summed E-state index contributed by atoms with van der Waals surface area (Å²) in [5.41, 5.74) is 0.654. The van der Waals surface area contributed by atoms with Gasteiger partial charge in [-0.2, -0.15) is 0 Å². The monoisotopic (exact) mass is 356 g/mol. The van der Waals surface area contributed by atoms with Crippen LogP contribution in [0.1, 0.15) is 53.4 Å². The number of aromatic nitrogens is 4. The lowest BCUT2D eigenvalue weighted by molar-refractivity contribution is -0.124. The number of nitrogens with zero attached hydrogens (tertiary/aromatic N) is 5. The van der Waals surface area contributed by atoms with E-state index < -0.39 is 23.8 Å². The highest BCUT2D eigenvalue weighted by molar-refractivity contribution is 6.22. The van der Waals surface area contributed by atoms with E-state index in [2.05, 4.69) is 20.8 Å². The van der Waals surface area contributed by atoms with Gasteiger partial charge in [0.1, 0.15) is 6.04 Å². The third-order valence-corrected chi connectivity index (χ3v) is 4.29. The van der Waals surface area contributed by atoms with Crippen LogP contribution in [0.2, 0.25) is 0 Å². The Morgan fingerprint density at radius 3 is 2.31 bits per heavy atom. The fraction of sp³-hybridized carbons (Fsp3) is 0.412. The third kappa shape index (κ3) is 3.07. The van der Waals surface area contributed by atoms with E-state index in [0.29, 0.717) is 29.9 Å². The molecule has 9 heteroatoms. The minimum atomic E-state index is -0.900. The molecule has 0 fully saturated rings. The predicted octanol–water partition coefficient (Wildman–Crippen LogP) is 0.597. The van der Waals surface area contributed by atoms with Gasteiger partial charge < -0.3 is 5.32 Å². The molecule has 1 aromatic heterocycles. The molecule has 9 nitrogen and oxygen atoms in total. The zero-order valence-electron chi connectivity index (χ0n) is 14.8. The number of tetrazole rings is 1. The summed E-state index contributed by atoms with van der Waals surface area (Å²) in [5, 5.41) is 14.2. The molecule has 1 aliphatic rings. The van der Waals surface area contributed by atoms with Gasteiger partial charge in [-0.1, -0.05) is 12.1 Å². The standard InChI is InChI=1S/C17H20N6O3/c1-10(2)23-14(19-20-21-23)8-9-18-15(24)11(3)22-16(25)12-6-4-5-7-13(12)17(22)26/h4-7,10-11H,8-9H2,1-3H3,(H,18,24). The molecule has 0 saturated heterocycles. The molecule has 3 amide bonds. The molecule has 26 heavy (non-hydrogen) atoms. The molecular weight excluding hydrogens is 336 g/mol. The van der Waals surface area contributed by atoms with Crippen molar-refractivity contribution in [2.24, 2.45) is 0 Å². The minimum Gasteiger partial charge on any atom is -0.354 e. The average Bonchev–Trinajstić information content (AvgIpc) is 3.18. The molecule has 136 valence electrons. The van der Waals surface area contributed by atoms with E-state index in [1.807, 2.05) is 13.8 Å². The lowest BCUT2D eigenvalue weighted by Crippen LogP contribution is -2.48.